The second-order valence-electron chi connectivity index (χ2n) is 3.35. The zero-order valence-electron chi connectivity index (χ0n) is 7.49. The summed E-state index contributed by atoms with van der Waals surface area (Å²) in [6.07, 6.45) is 1.09. The molecule has 0 bridgehead atoms. The summed E-state index contributed by atoms with van der Waals surface area (Å²) in [6, 6.07) is -1.07. The molecule has 0 amide bonds. The summed E-state index contributed by atoms with van der Waals surface area (Å²) < 4.78 is 10.6. The van der Waals surface area contributed by atoms with Crippen LogP contribution in [-0.2, 0) is 14.3 Å². The van der Waals surface area contributed by atoms with Crippen molar-refractivity contribution in [3.8, 4) is 0 Å². The van der Waals surface area contributed by atoms with Crippen molar-refractivity contribution in [1.29, 1.82) is 0 Å². The zero-order chi connectivity index (χ0) is 9.31. The van der Waals surface area contributed by atoms with Crippen LogP contribution in [0.25, 0.3) is 0 Å². The Kier molecular flexibility index (Phi) is 2.33. The topological polar surface area (TPSA) is 64.8 Å². The van der Waals surface area contributed by atoms with Gasteiger partial charge in [0.15, 0.2) is 0 Å². The predicted molar refractivity (Wildman–Crippen MR) is 44.6 cm³/mol. The van der Waals surface area contributed by atoms with Crippen molar-refractivity contribution in [1.82, 2.24) is 4.90 Å². The predicted octanol–water partition coefficient (Wildman–Crippen LogP) is -0.732. The summed E-state index contributed by atoms with van der Waals surface area (Å²) in [5.74, 6) is 0.290. The number of nitrogens with two attached hydrogens (primary N) is 1. The SMILES string of the molecule is NC1(N2CCC(=O)CC2)OCCO1. The van der Waals surface area contributed by atoms with Crippen molar-refractivity contribution in [2.75, 3.05) is 26.3 Å². The van der Waals surface area contributed by atoms with Crippen LogP contribution in [0.3, 0.4) is 0 Å². The monoisotopic (exact) mass is 186 g/mol. The Morgan fingerprint density at radius 3 is 2.31 bits per heavy atom. The van der Waals surface area contributed by atoms with Gasteiger partial charge in [-0.15, -0.1) is 0 Å². The van der Waals surface area contributed by atoms with E-state index in [0.29, 0.717) is 39.1 Å². The van der Waals surface area contributed by atoms with E-state index in [4.69, 9.17) is 15.2 Å². The lowest BCUT2D eigenvalue weighted by Crippen LogP contribution is -2.59. The van der Waals surface area contributed by atoms with Gasteiger partial charge >= 0.3 is 0 Å². The summed E-state index contributed by atoms with van der Waals surface area (Å²) in [5, 5.41) is 0. The number of ether oxygens (including phenoxy) is 2. The van der Waals surface area contributed by atoms with Crippen LogP contribution in [0.2, 0.25) is 0 Å². The molecule has 2 fully saturated rings. The smallest absolute Gasteiger partial charge is 0.292 e. The van der Waals surface area contributed by atoms with Gasteiger partial charge in [-0.2, -0.15) is 0 Å². The number of piperidine rings is 1. The highest BCUT2D eigenvalue weighted by Gasteiger charge is 2.40. The molecule has 0 atom stereocenters. The fourth-order valence-corrected chi connectivity index (χ4v) is 1.67. The van der Waals surface area contributed by atoms with Gasteiger partial charge in [0.2, 0.25) is 0 Å². The minimum atomic E-state index is -1.07. The van der Waals surface area contributed by atoms with Gasteiger partial charge in [0, 0.05) is 25.9 Å². The van der Waals surface area contributed by atoms with Crippen molar-refractivity contribution < 1.29 is 14.3 Å². The molecule has 2 saturated heterocycles. The van der Waals surface area contributed by atoms with E-state index >= 15 is 0 Å². The van der Waals surface area contributed by atoms with Gasteiger partial charge in [-0.25, -0.2) is 4.90 Å². The summed E-state index contributed by atoms with van der Waals surface area (Å²) in [5.41, 5.74) is 5.85. The largest absolute Gasteiger partial charge is 0.322 e. The van der Waals surface area contributed by atoms with Crippen LogP contribution in [0.5, 0.6) is 0 Å². The van der Waals surface area contributed by atoms with Crippen molar-refractivity contribution in [2.24, 2.45) is 5.73 Å². The fraction of sp³-hybridized carbons (Fsp3) is 0.875. The van der Waals surface area contributed by atoms with Gasteiger partial charge in [0.1, 0.15) is 5.78 Å². The molecule has 0 radical (unpaired) electrons. The van der Waals surface area contributed by atoms with Gasteiger partial charge in [-0.1, -0.05) is 0 Å². The van der Waals surface area contributed by atoms with Crippen LogP contribution in [0.15, 0.2) is 0 Å². The van der Waals surface area contributed by atoms with E-state index in [1.807, 2.05) is 4.90 Å². The number of carbonyl (C=O) groups excluding carboxylic acids is 1. The van der Waals surface area contributed by atoms with Gasteiger partial charge < -0.3 is 9.47 Å². The van der Waals surface area contributed by atoms with Crippen LogP contribution in [0.4, 0.5) is 0 Å². The third-order valence-corrected chi connectivity index (χ3v) is 2.46. The number of likely N-dealkylation sites (tertiary alicyclic amines) is 1. The summed E-state index contributed by atoms with van der Waals surface area (Å²) >= 11 is 0. The molecule has 13 heavy (non-hydrogen) atoms. The quantitative estimate of drug-likeness (QED) is 0.584. The van der Waals surface area contributed by atoms with Gasteiger partial charge in [-0.05, 0) is 0 Å². The molecule has 0 aromatic rings. The lowest BCUT2D eigenvalue weighted by Gasteiger charge is -2.36. The molecule has 2 rings (SSSR count). The highest BCUT2D eigenvalue weighted by atomic mass is 16.8. The van der Waals surface area contributed by atoms with Crippen molar-refractivity contribution in [3.63, 3.8) is 0 Å². The Hall–Kier alpha value is -0.490. The molecule has 2 heterocycles. The molecule has 2 aliphatic heterocycles. The zero-order valence-corrected chi connectivity index (χ0v) is 7.49. The molecular formula is C8H14N2O3. The van der Waals surface area contributed by atoms with Crippen molar-refractivity contribution >= 4 is 5.78 Å². The first kappa shape index (κ1) is 9.08. The first-order chi connectivity index (χ1) is 6.21. The lowest BCUT2D eigenvalue weighted by atomic mass is 10.1. The Balaban J connectivity index is 1.96. The molecule has 74 valence electrons. The van der Waals surface area contributed by atoms with Crippen molar-refractivity contribution in [2.45, 2.75) is 18.9 Å². The molecule has 0 unspecified atom stereocenters. The molecule has 2 aliphatic rings. The summed E-state index contributed by atoms with van der Waals surface area (Å²) in [6.45, 7) is 2.33. The summed E-state index contributed by atoms with van der Waals surface area (Å²) in [4.78, 5) is 12.9. The van der Waals surface area contributed by atoms with Crippen LogP contribution in [0, 0.1) is 0 Å². The molecule has 0 aromatic carbocycles. The van der Waals surface area contributed by atoms with Crippen LogP contribution in [-0.4, -0.2) is 43.0 Å². The molecule has 5 heteroatoms. The van der Waals surface area contributed by atoms with Gasteiger partial charge in [0.25, 0.3) is 6.03 Å². The van der Waals surface area contributed by atoms with E-state index in [1.165, 1.54) is 0 Å². The number of Topliss-reactive ketones (excluding diaryl/α,β-unsaturated/α-hetero) is 1. The molecule has 0 aromatic heterocycles. The van der Waals surface area contributed by atoms with Crippen LogP contribution in [0.1, 0.15) is 12.8 Å². The van der Waals surface area contributed by atoms with Crippen LogP contribution < -0.4 is 5.73 Å². The van der Waals surface area contributed by atoms with E-state index in [-0.39, 0.29) is 5.78 Å². The highest BCUT2D eigenvalue weighted by Crippen LogP contribution is 2.21. The maximum Gasteiger partial charge on any atom is 0.292 e. The Morgan fingerprint density at radius 2 is 1.77 bits per heavy atom. The maximum atomic E-state index is 11.0. The molecule has 2 N–H and O–H groups in total. The minimum Gasteiger partial charge on any atom is -0.322 e. The third kappa shape index (κ3) is 1.73. The number of rotatable bonds is 1. The Labute approximate surface area is 76.8 Å². The minimum absolute atomic E-state index is 0.290. The lowest BCUT2D eigenvalue weighted by molar-refractivity contribution is -0.256. The number of nitrogens with zero attached hydrogens (tertiary/aromatic N) is 1. The molecular weight excluding hydrogens is 172 g/mol. The van der Waals surface area contributed by atoms with E-state index in [0.717, 1.165) is 0 Å². The second-order valence-corrected chi connectivity index (χ2v) is 3.35. The molecule has 5 nitrogen and oxygen atoms in total. The average Bonchev–Trinajstić information content (AvgIpc) is 2.54. The molecule has 0 spiro atoms. The van der Waals surface area contributed by atoms with Crippen LogP contribution >= 0.6 is 0 Å². The number of ketones is 1. The normalized spacial score (nSPS) is 29.5. The maximum absolute atomic E-state index is 11.0. The number of hydrogen-bond donors (Lipinski definition) is 1. The molecule has 0 aliphatic carbocycles. The van der Waals surface area contributed by atoms with E-state index in [1.54, 1.807) is 0 Å². The van der Waals surface area contributed by atoms with E-state index < -0.39 is 6.03 Å². The fourth-order valence-electron chi connectivity index (χ4n) is 1.67. The summed E-state index contributed by atoms with van der Waals surface area (Å²) in [7, 11) is 0. The first-order valence-corrected chi connectivity index (χ1v) is 4.54. The van der Waals surface area contributed by atoms with E-state index in [9.17, 15) is 4.79 Å². The Morgan fingerprint density at radius 1 is 1.23 bits per heavy atom. The standard InChI is InChI=1S/C8H14N2O3/c9-8(12-5-6-13-8)10-3-1-7(11)2-4-10/h1-6,9H2. The third-order valence-electron chi connectivity index (χ3n) is 2.46. The van der Waals surface area contributed by atoms with Gasteiger partial charge in [0.05, 0.1) is 13.2 Å². The van der Waals surface area contributed by atoms with Gasteiger partial charge in [-0.3, -0.25) is 10.5 Å². The van der Waals surface area contributed by atoms with E-state index in [2.05, 4.69) is 0 Å². The second kappa shape index (κ2) is 3.34. The Bertz CT molecular complexity index is 203. The number of hydrogen-bond acceptors (Lipinski definition) is 5. The molecule has 0 saturated carbocycles. The first-order valence-electron chi connectivity index (χ1n) is 4.54. The van der Waals surface area contributed by atoms with Crippen molar-refractivity contribution in [3.05, 3.63) is 0 Å². The average molecular weight is 186 g/mol. The highest BCUT2D eigenvalue weighted by molar-refractivity contribution is 5.79. The number of carbonyl (C=O) groups is 1.